The smallest absolute Gasteiger partial charge is 0.204 e. The highest BCUT2D eigenvalue weighted by molar-refractivity contribution is 5.94. The topological polar surface area (TPSA) is 71.5 Å². The van der Waals surface area contributed by atoms with E-state index >= 15 is 0 Å². The van der Waals surface area contributed by atoms with E-state index in [9.17, 15) is 4.79 Å². The van der Waals surface area contributed by atoms with Crippen LogP contribution in [-0.2, 0) is 15.6 Å². The van der Waals surface area contributed by atoms with Gasteiger partial charge in [0.05, 0.1) is 5.41 Å². The van der Waals surface area contributed by atoms with Gasteiger partial charge >= 0.3 is 0 Å². The lowest BCUT2D eigenvalue weighted by Crippen LogP contribution is -2.47. The summed E-state index contributed by atoms with van der Waals surface area (Å²) in [5.41, 5.74) is 6.88. The summed E-state index contributed by atoms with van der Waals surface area (Å²) < 4.78 is 0. The second-order valence-electron chi connectivity index (χ2n) is 9.52. The standard InChI is InChI=1S/C29H36N4O/c1-6-21(17-20-11-13-22(14-12-20)27-30-32-33-31-27)23-15-16-24-25(18-23)28(7-2,8-3)19-26(34)29(24,9-4)10-5/h11-18H,6-10,19H2,1-5H3,(H,30,31,32,33). The number of Topliss-reactive ketones (excluding diaryl/α,β-unsaturated/α-hetero) is 1. The molecule has 0 fully saturated rings. The summed E-state index contributed by atoms with van der Waals surface area (Å²) in [7, 11) is 0. The van der Waals surface area contributed by atoms with Gasteiger partial charge in [-0.25, -0.2) is 0 Å². The number of aromatic amines is 1. The molecule has 0 amide bonds. The molecule has 0 saturated heterocycles. The lowest BCUT2D eigenvalue weighted by atomic mass is 9.56. The third-order valence-electron chi connectivity index (χ3n) is 8.31. The average Bonchev–Trinajstić information content (AvgIpc) is 3.42. The van der Waals surface area contributed by atoms with Crippen LogP contribution in [0.1, 0.15) is 95.4 Å². The summed E-state index contributed by atoms with van der Waals surface area (Å²) in [6.07, 6.45) is 7.55. The van der Waals surface area contributed by atoms with E-state index in [2.05, 4.69) is 91.7 Å². The molecule has 34 heavy (non-hydrogen) atoms. The van der Waals surface area contributed by atoms with Gasteiger partial charge in [-0.3, -0.25) is 4.79 Å². The monoisotopic (exact) mass is 456 g/mol. The van der Waals surface area contributed by atoms with Crippen molar-refractivity contribution in [2.75, 3.05) is 0 Å². The Morgan fingerprint density at radius 3 is 2.21 bits per heavy atom. The van der Waals surface area contributed by atoms with Gasteiger partial charge in [-0.05, 0) is 65.1 Å². The SMILES string of the molecule is CCC(=Cc1ccc(-c2nn[nH]n2)cc1)c1ccc2c(c1)C(CC)(CC)CC(=O)C2(CC)CC. The summed E-state index contributed by atoms with van der Waals surface area (Å²) in [4.78, 5) is 13.5. The fraction of sp³-hybridized carbons (Fsp3) is 0.448. The number of hydrogen-bond donors (Lipinski definition) is 1. The number of H-pyrrole nitrogens is 1. The Morgan fingerprint density at radius 2 is 1.65 bits per heavy atom. The molecule has 178 valence electrons. The first kappa shape index (κ1) is 24.1. The van der Waals surface area contributed by atoms with E-state index in [-0.39, 0.29) is 10.8 Å². The molecule has 5 heteroatoms. The normalized spacial score (nSPS) is 17.0. The fourth-order valence-corrected chi connectivity index (χ4v) is 5.83. The molecule has 0 bridgehead atoms. The summed E-state index contributed by atoms with van der Waals surface area (Å²) in [6, 6.07) is 15.1. The second-order valence-corrected chi connectivity index (χ2v) is 9.52. The Morgan fingerprint density at radius 1 is 0.941 bits per heavy atom. The molecule has 0 unspecified atom stereocenters. The molecule has 0 radical (unpaired) electrons. The van der Waals surface area contributed by atoms with Gasteiger partial charge in [-0.2, -0.15) is 5.21 Å². The van der Waals surface area contributed by atoms with Gasteiger partial charge in [0.2, 0.25) is 5.82 Å². The molecule has 1 heterocycles. The highest BCUT2D eigenvalue weighted by Crippen LogP contribution is 2.51. The van der Waals surface area contributed by atoms with E-state index in [4.69, 9.17) is 0 Å². The molecule has 2 aromatic carbocycles. The van der Waals surface area contributed by atoms with E-state index < -0.39 is 0 Å². The minimum absolute atomic E-state index is 0.0681. The predicted octanol–water partition coefficient (Wildman–Crippen LogP) is 6.91. The third-order valence-corrected chi connectivity index (χ3v) is 8.31. The number of tetrazole rings is 1. The van der Waals surface area contributed by atoms with Crippen LogP contribution in [0.25, 0.3) is 23.0 Å². The van der Waals surface area contributed by atoms with Gasteiger partial charge < -0.3 is 0 Å². The van der Waals surface area contributed by atoms with Crippen LogP contribution in [0.2, 0.25) is 0 Å². The maximum Gasteiger partial charge on any atom is 0.204 e. The molecular weight excluding hydrogens is 420 g/mol. The maximum atomic E-state index is 13.5. The van der Waals surface area contributed by atoms with Gasteiger partial charge in [-0.1, -0.05) is 83.2 Å². The van der Waals surface area contributed by atoms with E-state index in [1.165, 1.54) is 22.3 Å². The fourth-order valence-electron chi connectivity index (χ4n) is 5.83. The van der Waals surface area contributed by atoms with Crippen LogP contribution in [0.15, 0.2) is 42.5 Å². The lowest BCUT2D eigenvalue weighted by molar-refractivity contribution is -0.127. The number of nitrogens with one attached hydrogen (secondary N) is 1. The van der Waals surface area contributed by atoms with Crippen molar-refractivity contribution in [3.05, 3.63) is 64.7 Å². The largest absolute Gasteiger partial charge is 0.299 e. The summed E-state index contributed by atoms with van der Waals surface area (Å²) >= 11 is 0. The highest BCUT2D eigenvalue weighted by atomic mass is 16.1. The number of carbonyl (C=O) groups excluding carboxylic acids is 1. The zero-order valence-electron chi connectivity index (χ0n) is 21.1. The van der Waals surface area contributed by atoms with Crippen molar-refractivity contribution in [2.24, 2.45) is 0 Å². The molecule has 1 aliphatic rings. The zero-order chi connectivity index (χ0) is 24.3. The van der Waals surface area contributed by atoms with E-state index in [1.54, 1.807) is 0 Å². The van der Waals surface area contributed by atoms with Crippen molar-refractivity contribution in [3.63, 3.8) is 0 Å². The minimum atomic E-state index is -0.344. The minimum Gasteiger partial charge on any atom is -0.299 e. The second kappa shape index (κ2) is 9.65. The number of allylic oxidation sites excluding steroid dienone is 1. The summed E-state index contributed by atoms with van der Waals surface area (Å²) in [6.45, 7) is 11.0. The van der Waals surface area contributed by atoms with Crippen molar-refractivity contribution < 1.29 is 4.79 Å². The number of rotatable bonds is 8. The Kier molecular flexibility index (Phi) is 6.83. The van der Waals surface area contributed by atoms with Crippen molar-refractivity contribution in [3.8, 4) is 11.4 Å². The molecule has 0 saturated carbocycles. The highest BCUT2D eigenvalue weighted by Gasteiger charge is 2.49. The molecule has 5 nitrogen and oxygen atoms in total. The van der Waals surface area contributed by atoms with Gasteiger partial charge in [-0.15, -0.1) is 10.2 Å². The number of hydrogen-bond acceptors (Lipinski definition) is 4. The van der Waals surface area contributed by atoms with Gasteiger partial charge in [0.15, 0.2) is 0 Å². The molecule has 0 aliphatic heterocycles. The van der Waals surface area contributed by atoms with Crippen LogP contribution in [0.4, 0.5) is 0 Å². The maximum absolute atomic E-state index is 13.5. The number of benzene rings is 2. The van der Waals surface area contributed by atoms with Crippen LogP contribution < -0.4 is 0 Å². The number of nitrogens with zero attached hydrogens (tertiary/aromatic N) is 3. The van der Waals surface area contributed by atoms with Crippen LogP contribution in [0.5, 0.6) is 0 Å². The number of carbonyl (C=O) groups is 1. The van der Waals surface area contributed by atoms with Crippen molar-refractivity contribution >= 4 is 17.4 Å². The van der Waals surface area contributed by atoms with Gasteiger partial charge in [0.1, 0.15) is 5.78 Å². The molecular formula is C29H36N4O. The first-order valence-corrected chi connectivity index (χ1v) is 12.7. The average molecular weight is 457 g/mol. The Balaban J connectivity index is 1.78. The predicted molar refractivity (Wildman–Crippen MR) is 138 cm³/mol. The van der Waals surface area contributed by atoms with Crippen molar-refractivity contribution in [1.29, 1.82) is 0 Å². The van der Waals surface area contributed by atoms with Gasteiger partial charge in [0, 0.05) is 17.4 Å². The van der Waals surface area contributed by atoms with E-state index in [0.29, 0.717) is 18.0 Å². The van der Waals surface area contributed by atoms with Crippen molar-refractivity contribution in [1.82, 2.24) is 20.6 Å². The molecule has 3 aromatic rings. The Bertz CT molecular complexity index is 1170. The zero-order valence-corrected chi connectivity index (χ0v) is 21.1. The van der Waals surface area contributed by atoms with E-state index in [0.717, 1.165) is 43.2 Å². The summed E-state index contributed by atoms with van der Waals surface area (Å²) in [5.74, 6) is 1.02. The number of fused-ring (bicyclic) bond motifs is 1. The molecule has 1 aliphatic carbocycles. The third kappa shape index (κ3) is 3.91. The van der Waals surface area contributed by atoms with E-state index in [1.807, 2.05) is 12.1 Å². The van der Waals surface area contributed by atoms with Crippen LogP contribution in [-0.4, -0.2) is 26.4 Å². The number of aromatic nitrogens is 4. The first-order valence-electron chi connectivity index (χ1n) is 12.7. The van der Waals surface area contributed by atoms with Crippen molar-refractivity contribution in [2.45, 2.75) is 84.0 Å². The summed E-state index contributed by atoms with van der Waals surface area (Å²) in [5, 5.41) is 14.3. The Hall–Kier alpha value is -3.08. The van der Waals surface area contributed by atoms with Gasteiger partial charge in [0.25, 0.3) is 0 Å². The molecule has 0 atom stereocenters. The van der Waals surface area contributed by atoms with Crippen LogP contribution in [0.3, 0.4) is 0 Å². The Labute approximate surface area is 203 Å². The van der Waals surface area contributed by atoms with Crippen LogP contribution in [0, 0.1) is 0 Å². The first-order chi connectivity index (χ1) is 16.5. The van der Waals surface area contributed by atoms with Crippen LogP contribution >= 0.6 is 0 Å². The lowest BCUT2D eigenvalue weighted by Gasteiger charge is -2.46. The molecule has 1 aromatic heterocycles. The molecule has 4 rings (SSSR count). The molecule has 0 spiro atoms. The molecule has 1 N–H and O–H groups in total. The number of ketones is 1. The quantitative estimate of drug-likeness (QED) is 0.374.